The molecule has 0 spiro atoms. The van der Waals surface area contributed by atoms with Crippen molar-refractivity contribution >= 4 is 11.9 Å². The number of ketones is 1. The Labute approximate surface area is 109 Å². The highest BCUT2D eigenvalue weighted by Gasteiger charge is 2.33. The van der Waals surface area contributed by atoms with E-state index in [1.54, 1.807) is 4.90 Å². The zero-order valence-electron chi connectivity index (χ0n) is 11.5. The van der Waals surface area contributed by atoms with Gasteiger partial charge in [-0.2, -0.15) is 0 Å². The van der Waals surface area contributed by atoms with Crippen LogP contribution >= 0.6 is 0 Å². The molecule has 1 aliphatic rings. The van der Waals surface area contributed by atoms with E-state index in [1.807, 2.05) is 27.7 Å². The van der Waals surface area contributed by atoms with Crippen molar-refractivity contribution in [2.24, 2.45) is 5.92 Å². The van der Waals surface area contributed by atoms with Crippen LogP contribution in [0.4, 0.5) is 4.79 Å². The molecule has 1 heterocycles. The van der Waals surface area contributed by atoms with E-state index in [1.165, 1.54) is 0 Å². The molecule has 1 amide bonds. The molecule has 1 rings (SSSR count). The maximum atomic E-state index is 11.9. The Morgan fingerprint density at radius 2 is 2.00 bits per heavy atom. The molecule has 0 N–H and O–H groups in total. The van der Waals surface area contributed by atoms with Gasteiger partial charge in [0.15, 0.2) is 0 Å². The second kappa shape index (κ2) is 5.43. The van der Waals surface area contributed by atoms with Gasteiger partial charge in [-0.05, 0) is 46.5 Å². The summed E-state index contributed by atoms with van der Waals surface area (Å²) in [4.78, 5) is 25.1. The smallest absolute Gasteiger partial charge is 0.410 e. The van der Waals surface area contributed by atoms with Crippen molar-refractivity contribution in [1.82, 2.24) is 4.90 Å². The summed E-state index contributed by atoms with van der Waals surface area (Å²) < 4.78 is 5.33. The highest BCUT2D eigenvalue weighted by atomic mass is 16.6. The monoisotopic (exact) mass is 251 g/mol. The van der Waals surface area contributed by atoms with Crippen molar-refractivity contribution in [1.29, 1.82) is 0 Å². The third-order valence-electron chi connectivity index (χ3n) is 3.02. The number of nitrogens with zero attached hydrogens (tertiary/aromatic N) is 1. The zero-order chi connectivity index (χ0) is 13.9. The average Bonchev–Trinajstić information content (AvgIpc) is 2.25. The Balaban J connectivity index is 2.61. The van der Waals surface area contributed by atoms with E-state index in [9.17, 15) is 9.59 Å². The first-order valence-corrected chi connectivity index (χ1v) is 6.24. The number of likely N-dealkylation sites (tertiary alicyclic amines) is 1. The van der Waals surface area contributed by atoms with Gasteiger partial charge in [-0.15, -0.1) is 6.42 Å². The molecular formula is C14H21NO3. The quantitative estimate of drug-likeness (QED) is 0.530. The molecule has 0 aromatic rings. The first-order valence-electron chi connectivity index (χ1n) is 6.24. The number of hydrogen-bond acceptors (Lipinski definition) is 3. The number of rotatable bonds is 1. The zero-order valence-corrected chi connectivity index (χ0v) is 11.5. The molecule has 0 aliphatic carbocycles. The van der Waals surface area contributed by atoms with Gasteiger partial charge in [-0.25, -0.2) is 4.79 Å². The third-order valence-corrected chi connectivity index (χ3v) is 3.02. The molecule has 18 heavy (non-hydrogen) atoms. The number of terminal acetylenes is 1. The van der Waals surface area contributed by atoms with E-state index in [-0.39, 0.29) is 23.8 Å². The van der Waals surface area contributed by atoms with Gasteiger partial charge in [0.25, 0.3) is 0 Å². The molecule has 0 saturated carbocycles. The first-order chi connectivity index (χ1) is 8.24. The second-order valence-electron chi connectivity index (χ2n) is 5.75. The molecule has 4 nitrogen and oxygen atoms in total. The Morgan fingerprint density at radius 1 is 1.39 bits per heavy atom. The van der Waals surface area contributed by atoms with Crippen LogP contribution in [0.15, 0.2) is 0 Å². The first kappa shape index (κ1) is 14.6. The van der Waals surface area contributed by atoms with Crippen molar-refractivity contribution in [2.45, 2.75) is 52.2 Å². The average molecular weight is 251 g/mol. The number of piperidine rings is 1. The predicted molar refractivity (Wildman–Crippen MR) is 69.0 cm³/mol. The van der Waals surface area contributed by atoms with Crippen molar-refractivity contribution in [2.75, 3.05) is 6.54 Å². The SMILES string of the molecule is C#CC(=O)C1CCN(C(=O)OC(C)(C)C)C(C)C1. The molecule has 0 radical (unpaired) electrons. The summed E-state index contributed by atoms with van der Waals surface area (Å²) in [6, 6.07) is -0.0177. The van der Waals surface area contributed by atoms with Crippen LogP contribution in [0.2, 0.25) is 0 Å². The van der Waals surface area contributed by atoms with E-state index in [2.05, 4.69) is 5.92 Å². The lowest BCUT2D eigenvalue weighted by atomic mass is 9.89. The molecule has 1 saturated heterocycles. The molecule has 0 aromatic heterocycles. The van der Waals surface area contributed by atoms with Gasteiger partial charge in [0.1, 0.15) is 5.60 Å². The van der Waals surface area contributed by atoms with Crippen molar-refractivity contribution in [3.8, 4) is 12.3 Å². The fraction of sp³-hybridized carbons (Fsp3) is 0.714. The molecule has 0 bridgehead atoms. The summed E-state index contributed by atoms with van der Waals surface area (Å²) in [5, 5.41) is 0. The number of carbonyl (C=O) groups is 2. The van der Waals surface area contributed by atoms with Crippen molar-refractivity contribution in [3.05, 3.63) is 0 Å². The number of amides is 1. The topological polar surface area (TPSA) is 46.6 Å². The molecule has 1 fully saturated rings. The highest BCUT2D eigenvalue weighted by Crippen LogP contribution is 2.25. The summed E-state index contributed by atoms with van der Waals surface area (Å²) in [6.45, 7) is 7.95. The molecule has 2 atom stereocenters. The minimum Gasteiger partial charge on any atom is -0.444 e. The minimum atomic E-state index is -0.498. The fourth-order valence-corrected chi connectivity index (χ4v) is 2.12. The van der Waals surface area contributed by atoms with Crippen LogP contribution in [0.3, 0.4) is 0 Å². The molecule has 1 aliphatic heterocycles. The molecular weight excluding hydrogens is 230 g/mol. The number of ether oxygens (including phenoxy) is 1. The predicted octanol–water partition coefficient (Wildman–Crippen LogP) is 2.22. The molecule has 2 unspecified atom stereocenters. The van der Waals surface area contributed by atoms with Gasteiger partial charge in [-0.1, -0.05) is 0 Å². The molecule has 4 heteroatoms. The van der Waals surface area contributed by atoms with Gasteiger partial charge in [0.05, 0.1) is 0 Å². The maximum absolute atomic E-state index is 11.9. The van der Waals surface area contributed by atoms with Crippen molar-refractivity contribution < 1.29 is 14.3 Å². The van der Waals surface area contributed by atoms with Crippen LogP contribution < -0.4 is 0 Å². The summed E-state index contributed by atoms with van der Waals surface area (Å²) in [6.07, 6.45) is 6.03. The van der Waals surface area contributed by atoms with Crippen molar-refractivity contribution in [3.63, 3.8) is 0 Å². The number of hydrogen-bond donors (Lipinski definition) is 0. The van der Waals surface area contributed by atoms with E-state index < -0.39 is 5.60 Å². The molecule has 0 aromatic carbocycles. The largest absolute Gasteiger partial charge is 0.444 e. The third kappa shape index (κ3) is 3.76. The summed E-state index contributed by atoms with van der Waals surface area (Å²) in [5.74, 6) is 1.88. The van der Waals surface area contributed by atoms with Crippen LogP contribution in [-0.4, -0.2) is 35.0 Å². The summed E-state index contributed by atoms with van der Waals surface area (Å²) >= 11 is 0. The van der Waals surface area contributed by atoms with Gasteiger partial charge < -0.3 is 9.64 Å². The van der Waals surface area contributed by atoms with Gasteiger partial charge >= 0.3 is 6.09 Å². The Hall–Kier alpha value is -1.50. The lowest BCUT2D eigenvalue weighted by molar-refractivity contribution is -0.119. The summed E-state index contributed by atoms with van der Waals surface area (Å²) in [7, 11) is 0. The lowest BCUT2D eigenvalue weighted by Crippen LogP contribution is -2.47. The minimum absolute atomic E-state index is 0.0177. The van der Waals surface area contributed by atoms with Gasteiger partial charge in [0.2, 0.25) is 5.78 Å². The highest BCUT2D eigenvalue weighted by molar-refractivity contribution is 5.96. The van der Waals surface area contributed by atoms with Crippen LogP contribution in [0.25, 0.3) is 0 Å². The Bertz CT molecular complexity index is 375. The van der Waals surface area contributed by atoms with Gasteiger partial charge in [0, 0.05) is 18.5 Å². The van der Waals surface area contributed by atoms with Crippen LogP contribution in [0.1, 0.15) is 40.5 Å². The van der Waals surface area contributed by atoms with E-state index in [0.717, 1.165) is 0 Å². The fourth-order valence-electron chi connectivity index (χ4n) is 2.12. The normalized spacial score (nSPS) is 24.3. The molecule has 100 valence electrons. The summed E-state index contributed by atoms with van der Waals surface area (Å²) in [5.41, 5.74) is -0.498. The standard InChI is InChI=1S/C14H21NO3/c1-6-12(16)11-7-8-15(10(2)9-11)13(17)18-14(3,4)5/h1,10-11H,7-9H2,2-5H3. The van der Waals surface area contributed by atoms with E-state index >= 15 is 0 Å². The Morgan fingerprint density at radius 3 is 2.44 bits per heavy atom. The van der Waals surface area contributed by atoms with E-state index in [4.69, 9.17) is 11.2 Å². The number of Topliss-reactive ketones (excluding diaryl/α,β-unsaturated/α-hetero) is 1. The van der Waals surface area contributed by atoms with Crippen LogP contribution in [-0.2, 0) is 9.53 Å². The Kier molecular flexibility index (Phi) is 4.39. The van der Waals surface area contributed by atoms with Crippen LogP contribution in [0, 0.1) is 18.3 Å². The van der Waals surface area contributed by atoms with E-state index in [0.29, 0.717) is 19.4 Å². The lowest BCUT2D eigenvalue weighted by Gasteiger charge is -2.37. The maximum Gasteiger partial charge on any atom is 0.410 e. The van der Waals surface area contributed by atoms with Gasteiger partial charge in [-0.3, -0.25) is 4.79 Å². The number of carbonyl (C=O) groups excluding carboxylic acids is 2. The van der Waals surface area contributed by atoms with Crippen LogP contribution in [0.5, 0.6) is 0 Å². The second-order valence-corrected chi connectivity index (χ2v) is 5.75.